The van der Waals surface area contributed by atoms with Crippen LogP contribution in [0, 0.1) is 0 Å². The molecule has 2 atom stereocenters. The van der Waals surface area contributed by atoms with E-state index in [0.717, 1.165) is 12.5 Å². The number of hydrogen-bond donors (Lipinski definition) is 2. The average Bonchev–Trinajstić information content (AvgIpc) is 2.95. The quantitative estimate of drug-likeness (QED) is 0.871. The molecule has 1 fully saturated rings. The maximum Gasteiger partial charge on any atom is 0.416 e. The lowest BCUT2D eigenvalue weighted by Gasteiger charge is -2.15. The molecule has 0 unspecified atom stereocenters. The van der Waals surface area contributed by atoms with Gasteiger partial charge in [0.2, 0.25) is 5.91 Å². The number of alkyl halides is 3. The Balaban J connectivity index is 1.86. The fourth-order valence-electron chi connectivity index (χ4n) is 2.52. The molecule has 1 aliphatic rings. The molecule has 0 spiro atoms. The fourth-order valence-corrected chi connectivity index (χ4v) is 2.52. The van der Waals surface area contributed by atoms with E-state index >= 15 is 0 Å². The highest BCUT2D eigenvalue weighted by Crippen LogP contribution is 2.31. The zero-order valence-corrected chi connectivity index (χ0v) is 12.0. The Labute approximate surface area is 126 Å². The summed E-state index contributed by atoms with van der Waals surface area (Å²) in [6, 6.07) is 5.37. The minimum atomic E-state index is -4.39. The maximum atomic E-state index is 12.8. The first kappa shape index (κ1) is 16.8. The van der Waals surface area contributed by atoms with Gasteiger partial charge in [-0.25, -0.2) is 0 Å². The molecule has 122 valence electrons. The van der Waals surface area contributed by atoms with Gasteiger partial charge in [-0.3, -0.25) is 4.79 Å². The lowest BCUT2D eigenvalue weighted by atomic mass is 10.0. The van der Waals surface area contributed by atoms with Crippen LogP contribution < -0.4 is 11.1 Å². The smallest absolute Gasteiger partial charge is 0.364 e. The van der Waals surface area contributed by atoms with Crippen LogP contribution >= 0.6 is 0 Å². The van der Waals surface area contributed by atoms with Crippen molar-refractivity contribution in [3.05, 3.63) is 35.4 Å². The molecule has 1 aromatic carbocycles. The minimum Gasteiger partial charge on any atom is -0.364 e. The maximum absolute atomic E-state index is 12.8. The second-order valence-corrected chi connectivity index (χ2v) is 5.26. The molecule has 1 aliphatic heterocycles. The van der Waals surface area contributed by atoms with Crippen LogP contribution in [-0.4, -0.2) is 31.2 Å². The summed E-state index contributed by atoms with van der Waals surface area (Å²) in [4.78, 5) is 11.9. The first-order valence-corrected chi connectivity index (χ1v) is 7.20. The summed E-state index contributed by atoms with van der Waals surface area (Å²) in [5, 5.41) is 2.62. The van der Waals surface area contributed by atoms with E-state index in [9.17, 15) is 18.0 Å². The van der Waals surface area contributed by atoms with Crippen LogP contribution in [0.4, 0.5) is 13.2 Å². The first-order valence-electron chi connectivity index (χ1n) is 7.20. The number of nitrogens with one attached hydrogen (secondary N) is 1. The van der Waals surface area contributed by atoms with Gasteiger partial charge in [0.15, 0.2) is 0 Å². The summed E-state index contributed by atoms with van der Waals surface area (Å²) in [5.41, 5.74) is 4.97. The predicted octanol–water partition coefficient (Wildman–Crippen LogP) is 1.87. The van der Waals surface area contributed by atoms with E-state index in [1.165, 1.54) is 12.1 Å². The molecule has 3 N–H and O–H groups in total. The third-order valence-electron chi connectivity index (χ3n) is 3.68. The summed E-state index contributed by atoms with van der Waals surface area (Å²) in [7, 11) is 0. The summed E-state index contributed by atoms with van der Waals surface area (Å²) >= 11 is 0. The number of carbonyl (C=O) groups is 1. The van der Waals surface area contributed by atoms with Crippen LogP contribution in [0.1, 0.15) is 24.0 Å². The molecule has 1 amide bonds. The van der Waals surface area contributed by atoms with Crippen LogP contribution in [0.15, 0.2) is 24.3 Å². The van der Waals surface area contributed by atoms with Crippen molar-refractivity contribution in [2.45, 2.75) is 37.6 Å². The van der Waals surface area contributed by atoms with E-state index in [-0.39, 0.29) is 30.5 Å². The van der Waals surface area contributed by atoms with Crippen LogP contribution in [0.3, 0.4) is 0 Å². The van der Waals surface area contributed by atoms with Crippen molar-refractivity contribution < 1.29 is 22.7 Å². The molecule has 7 heteroatoms. The lowest BCUT2D eigenvalue weighted by Crippen LogP contribution is -2.36. The van der Waals surface area contributed by atoms with Gasteiger partial charge in [-0.05, 0) is 30.9 Å². The second kappa shape index (κ2) is 7.11. The van der Waals surface area contributed by atoms with Crippen molar-refractivity contribution in [2.75, 3.05) is 13.1 Å². The average molecular weight is 316 g/mol. The summed E-state index contributed by atoms with van der Waals surface area (Å²) in [5.74, 6) is -0.291. The largest absolute Gasteiger partial charge is 0.416 e. The Morgan fingerprint density at radius 1 is 1.32 bits per heavy atom. The van der Waals surface area contributed by atoms with Gasteiger partial charge < -0.3 is 15.8 Å². The fraction of sp³-hybridized carbons (Fsp3) is 0.533. The van der Waals surface area contributed by atoms with E-state index in [1.807, 2.05) is 0 Å². The zero-order valence-electron chi connectivity index (χ0n) is 12.0. The number of halogens is 3. The monoisotopic (exact) mass is 316 g/mol. The molecular weight excluding hydrogens is 297 g/mol. The minimum absolute atomic E-state index is 0.110. The van der Waals surface area contributed by atoms with Crippen LogP contribution in [0.2, 0.25) is 0 Å². The van der Waals surface area contributed by atoms with Crippen LogP contribution in [-0.2, 0) is 22.1 Å². The van der Waals surface area contributed by atoms with Crippen LogP contribution in [0.25, 0.3) is 0 Å². The Morgan fingerprint density at radius 2 is 2.05 bits per heavy atom. The first-order chi connectivity index (χ1) is 10.4. The van der Waals surface area contributed by atoms with Gasteiger partial charge in [0.05, 0.1) is 11.7 Å². The Kier molecular flexibility index (Phi) is 5.42. The molecule has 0 bridgehead atoms. The summed E-state index contributed by atoms with van der Waals surface area (Å²) in [6.07, 6.45) is -3.61. The number of nitrogens with two attached hydrogens (primary N) is 1. The summed E-state index contributed by atoms with van der Waals surface area (Å²) < 4.78 is 44.0. The van der Waals surface area contributed by atoms with Crippen molar-refractivity contribution in [1.82, 2.24) is 5.32 Å². The van der Waals surface area contributed by atoms with Gasteiger partial charge in [-0.1, -0.05) is 18.2 Å². The molecular formula is C15H19F3N2O2. The Bertz CT molecular complexity index is 520. The van der Waals surface area contributed by atoms with Crippen molar-refractivity contribution in [3.8, 4) is 0 Å². The van der Waals surface area contributed by atoms with Crippen molar-refractivity contribution in [3.63, 3.8) is 0 Å². The second-order valence-electron chi connectivity index (χ2n) is 5.26. The molecule has 0 saturated carbocycles. The van der Waals surface area contributed by atoms with Crippen molar-refractivity contribution >= 4 is 5.91 Å². The van der Waals surface area contributed by atoms with Crippen molar-refractivity contribution in [1.29, 1.82) is 0 Å². The molecule has 1 saturated heterocycles. The van der Waals surface area contributed by atoms with E-state index in [2.05, 4.69) is 5.32 Å². The number of amides is 1. The molecule has 2 rings (SSSR count). The third-order valence-corrected chi connectivity index (χ3v) is 3.68. The van der Waals surface area contributed by atoms with E-state index in [0.29, 0.717) is 13.0 Å². The predicted molar refractivity (Wildman–Crippen MR) is 75.1 cm³/mol. The number of ether oxygens (including phenoxy) is 1. The number of rotatable bonds is 5. The molecule has 22 heavy (non-hydrogen) atoms. The SMILES string of the molecule is NC[C@H]1CC[C@@H](C(=O)NCCc2ccccc2C(F)(F)F)O1. The van der Waals surface area contributed by atoms with Gasteiger partial charge in [0, 0.05) is 13.1 Å². The van der Waals surface area contributed by atoms with E-state index in [4.69, 9.17) is 10.5 Å². The van der Waals surface area contributed by atoms with E-state index in [1.54, 1.807) is 6.07 Å². The Hall–Kier alpha value is -1.60. The molecule has 0 radical (unpaired) electrons. The van der Waals surface area contributed by atoms with Crippen molar-refractivity contribution in [2.24, 2.45) is 5.73 Å². The molecule has 0 aliphatic carbocycles. The number of benzene rings is 1. The molecule has 1 heterocycles. The highest BCUT2D eigenvalue weighted by atomic mass is 19.4. The normalized spacial score (nSPS) is 21.8. The topological polar surface area (TPSA) is 64.4 Å². The van der Waals surface area contributed by atoms with Crippen LogP contribution in [0.5, 0.6) is 0 Å². The highest BCUT2D eigenvalue weighted by molar-refractivity contribution is 5.81. The van der Waals surface area contributed by atoms with Gasteiger partial charge >= 0.3 is 6.18 Å². The van der Waals surface area contributed by atoms with Gasteiger partial charge in [-0.2, -0.15) is 13.2 Å². The van der Waals surface area contributed by atoms with E-state index < -0.39 is 17.8 Å². The standard InChI is InChI=1S/C15H19F3N2O2/c16-15(17,18)12-4-2-1-3-10(12)7-8-20-14(21)13-6-5-11(9-19)22-13/h1-4,11,13H,5-9,19H2,(H,20,21)/t11-,13+/m1/s1. The molecule has 0 aromatic heterocycles. The molecule has 1 aromatic rings. The summed E-state index contributed by atoms with van der Waals surface area (Å²) in [6.45, 7) is 0.502. The van der Waals surface area contributed by atoms with Gasteiger partial charge in [0.1, 0.15) is 6.10 Å². The van der Waals surface area contributed by atoms with Gasteiger partial charge in [-0.15, -0.1) is 0 Å². The Morgan fingerprint density at radius 3 is 2.68 bits per heavy atom. The third kappa shape index (κ3) is 4.20. The van der Waals surface area contributed by atoms with Gasteiger partial charge in [0.25, 0.3) is 0 Å². The zero-order chi connectivity index (χ0) is 16.2. The number of carbonyl (C=O) groups excluding carboxylic acids is 1. The highest BCUT2D eigenvalue weighted by Gasteiger charge is 2.33. The lowest BCUT2D eigenvalue weighted by molar-refractivity contribution is -0.138. The number of hydrogen-bond acceptors (Lipinski definition) is 3. The molecule has 4 nitrogen and oxygen atoms in total.